The highest BCUT2D eigenvalue weighted by Gasteiger charge is 2.34. The maximum absolute atomic E-state index is 13.5. The molecule has 0 unspecified atom stereocenters. The van der Waals surface area contributed by atoms with Crippen LogP contribution in [0.5, 0.6) is 0 Å². The van der Waals surface area contributed by atoms with Crippen molar-refractivity contribution in [1.29, 1.82) is 0 Å². The summed E-state index contributed by atoms with van der Waals surface area (Å²) in [6.45, 7) is 0.0901. The second-order valence-electron chi connectivity index (χ2n) is 7.56. The summed E-state index contributed by atoms with van der Waals surface area (Å²) in [4.78, 5) is 7.77. The van der Waals surface area contributed by atoms with Gasteiger partial charge < -0.3 is 9.64 Å². The summed E-state index contributed by atoms with van der Waals surface area (Å²) < 4.78 is 57.8. The third-order valence-corrected chi connectivity index (χ3v) is 5.37. The van der Waals surface area contributed by atoms with Crippen molar-refractivity contribution in [3.63, 3.8) is 0 Å². The molecule has 4 rings (SSSR count). The van der Waals surface area contributed by atoms with Gasteiger partial charge in [-0.15, -0.1) is 0 Å². The van der Waals surface area contributed by atoms with E-state index in [4.69, 9.17) is 4.74 Å². The molecular formula is C22H23F4N3O. The molecule has 4 nitrogen and oxygen atoms in total. The molecular weight excluding hydrogens is 398 g/mol. The number of fused-ring (bicyclic) bond motifs is 1. The Bertz CT molecular complexity index is 898. The number of rotatable bonds is 2. The van der Waals surface area contributed by atoms with E-state index >= 15 is 0 Å². The zero-order valence-electron chi connectivity index (χ0n) is 16.4. The van der Waals surface area contributed by atoms with Crippen molar-refractivity contribution < 1.29 is 22.3 Å². The largest absolute Gasteiger partial charge is 0.449 e. The van der Waals surface area contributed by atoms with Crippen molar-refractivity contribution >= 4 is 6.02 Å². The van der Waals surface area contributed by atoms with Gasteiger partial charge in [0.1, 0.15) is 12.5 Å². The van der Waals surface area contributed by atoms with Crippen LogP contribution in [0.3, 0.4) is 0 Å². The Morgan fingerprint density at radius 1 is 1.03 bits per heavy atom. The molecule has 2 heterocycles. The van der Waals surface area contributed by atoms with Crippen LogP contribution in [0.4, 0.5) is 17.6 Å². The molecule has 0 radical (unpaired) electrons. The van der Waals surface area contributed by atoms with Crippen LogP contribution < -0.4 is 0 Å². The lowest BCUT2D eigenvalue weighted by molar-refractivity contribution is -0.153. The highest BCUT2D eigenvalue weighted by Crippen LogP contribution is 2.35. The standard InChI is InChI=1S/C22H23F4N3O/c23-18-8-6-17(7-9-18)20-19-5-2-1-4-16(19)10-13-29(20)21-27-11-3-12-28(15-30-21)14-22(24,25)26/h1-2,4-9,20H,3,10-15H2/t20-/m0/s1. The van der Waals surface area contributed by atoms with Crippen molar-refractivity contribution in [1.82, 2.24) is 9.80 Å². The molecule has 0 aromatic heterocycles. The van der Waals surface area contributed by atoms with Gasteiger partial charge in [0.15, 0.2) is 0 Å². The predicted molar refractivity (Wildman–Crippen MR) is 106 cm³/mol. The number of nitrogens with zero attached hydrogens (tertiary/aromatic N) is 3. The van der Waals surface area contributed by atoms with Gasteiger partial charge in [-0.05, 0) is 41.7 Å². The minimum atomic E-state index is -4.28. The van der Waals surface area contributed by atoms with Gasteiger partial charge in [0.05, 0.1) is 12.6 Å². The molecule has 2 aliphatic heterocycles. The van der Waals surface area contributed by atoms with E-state index < -0.39 is 12.7 Å². The molecule has 2 aromatic rings. The molecule has 0 aliphatic carbocycles. The molecule has 0 N–H and O–H groups in total. The van der Waals surface area contributed by atoms with Crippen molar-refractivity contribution in [2.45, 2.75) is 25.1 Å². The maximum Gasteiger partial charge on any atom is 0.401 e. The Hall–Kier alpha value is -2.61. The summed E-state index contributed by atoms with van der Waals surface area (Å²) in [5, 5.41) is 0. The van der Waals surface area contributed by atoms with Crippen LogP contribution in [-0.2, 0) is 11.2 Å². The lowest BCUT2D eigenvalue weighted by Crippen LogP contribution is -2.45. The number of amidine groups is 1. The predicted octanol–water partition coefficient (Wildman–Crippen LogP) is 4.37. The summed E-state index contributed by atoms with van der Waals surface area (Å²) in [5.74, 6) is -0.322. The Morgan fingerprint density at radius 3 is 2.57 bits per heavy atom. The molecule has 30 heavy (non-hydrogen) atoms. The van der Waals surface area contributed by atoms with Crippen LogP contribution in [0.15, 0.2) is 53.5 Å². The Labute approximate surface area is 172 Å². The number of ether oxygens (including phenoxy) is 1. The van der Waals surface area contributed by atoms with E-state index in [1.165, 1.54) is 22.6 Å². The number of hydrogen-bond acceptors (Lipinski definition) is 4. The highest BCUT2D eigenvalue weighted by atomic mass is 19.4. The third kappa shape index (κ3) is 4.75. The summed E-state index contributed by atoms with van der Waals surface area (Å²) >= 11 is 0. The lowest BCUT2D eigenvalue weighted by atomic mass is 9.88. The van der Waals surface area contributed by atoms with Crippen molar-refractivity contribution in [3.8, 4) is 0 Å². The van der Waals surface area contributed by atoms with Crippen LogP contribution >= 0.6 is 0 Å². The van der Waals surface area contributed by atoms with Crippen molar-refractivity contribution in [2.75, 3.05) is 32.9 Å². The van der Waals surface area contributed by atoms with Gasteiger partial charge in [-0.25, -0.2) is 9.38 Å². The highest BCUT2D eigenvalue weighted by molar-refractivity contribution is 5.75. The average molecular weight is 421 g/mol. The first-order valence-corrected chi connectivity index (χ1v) is 9.97. The van der Waals surface area contributed by atoms with Crippen LogP contribution in [0.1, 0.15) is 29.2 Å². The first-order valence-electron chi connectivity index (χ1n) is 9.97. The monoisotopic (exact) mass is 421 g/mol. The number of halogens is 4. The molecule has 0 bridgehead atoms. The Morgan fingerprint density at radius 2 is 1.80 bits per heavy atom. The minimum absolute atomic E-state index is 0.174. The Kier molecular flexibility index (Phi) is 5.94. The molecule has 160 valence electrons. The maximum atomic E-state index is 13.5. The summed E-state index contributed by atoms with van der Waals surface area (Å²) in [6.07, 6.45) is -2.99. The van der Waals surface area contributed by atoms with E-state index in [2.05, 4.69) is 11.1 Å². The zero-order valence-corrected chi connectivity index (χ0v) is 16.4. The molecule has 0 fully saturated rings. The quantitative estimate of drug-likeness (QED) is 0.674. The van der Waals surface area contributed by atoms with Crippen molar-refractivity contribution in [3.05, 3.63) is 71.0 Å². The van der Waals surface area contributed by atoms with Gasteiger partial charge in [0.25, 0.3) is 6.02 Å². The van der Waals surface area contributed by atoms with Gasteiger partial charge in [0, 0.05) is 19.6 Å². The fourth-order valence-corrected chi connectivity index (χ4v) is 4.06. The molecule has 0 saturated heterocycles. The van der Waals surface area contributed by atoms with E-state index in [9.17, 15) is 17.6 Å². The molecule has 8 heteroatoms. The van der Waals surface area contributed by atoms with Gasteiger partial charge in [-0.1, -0.05) is 36.4 Å². The van der Waals surface area contributed by atoms with Gasteiger partial charge in [-0.3, -0.25) is 4.90 Å². The van der Waals surface area contributed by atoms with E-state index in [1.54, 1.807) is 12.1 Å². The zero-order chi connectivity index (χ0) is 21.1. The SMILES string of the molecule is Fc1ccc([C@H]2c3ccccc3CCN2C2=NCCCN(CC(F)(F)F)CO2)cc1. The summed E-state index contributed by atoms with van der Waals surface area (Å²) in [7, 11) is 0. The first kappa shape index (κ1) is 20.7. The number of alkyl halides is 3. The van der Waals surface area contributed by atoms with Crippen molar-refractivity contribution in [2.24, 2.45) is 4.99 Å². The van der Waals surface area contributed by atoms with Crippen LogP contribution in [0.25, 0.3) is 0 Å². The minimum Gasteiger partial charge on any atom is -0.449 e. The summed E-state index contributed by atoms with van der Waals surface area (Å²) in [5.41, 5.74) is 3.13. The summed E-state index contributed by atoms with van der Waals surface area (Å²) in [6, 6.07) is 14.4. The first-order chi connectivity index (χ1) is 14.4. The smallest absolute Gasteiger partial charge is 0.401 e. The Balaban J connectivity index is 1.63. The van der Waals surface area contributed by atoms with Gasteiger partial charge in [0.2, 0.25) is 0 Å². The topological polar surface area (TPSA) is 28.1 Å². The molecule has 1 atom stereocenters. The third-order valence-electron chi connectivity index (χ3n) is 5.37. The van der Waals surface area contributed by atoms with Gasteiger partial charge in [-0.2, -0.15) is 13.2 Å². The van der Waals surface area contributed by atoms with E-state index in [0.29, 0.717) is 25.5 Å². The second-order valence-corrected chi connectivity index (χ2v) is 7.56. The number of hydrogen-bond donors (Lipinski definition) is 0. The molecule has 0 amide bonds. The molecule has 2 aliphatic rings. The fourth-order valence-electron chi connectivity index (χ4n) is 4.06. The molecule has 2 aromatic carbocycles. The molecule has 0 spiro atoms. The van der Waals surface area contributed by atoms with E-state index in [1.807, 2.05) is 23.1 Å². The lowest BCUT2D eigenvalue weighted by Gasteiger charge is -2.40. The van der Waals surface area contributed by atoms with Gasteiger partial charge >= 0.3 is 6.18 Å². The average Bonchev–Trinajstić information content (AvgIpc) is 2.70. The second kappa shape index (κ2) is 8.63. The number of aliphatic imine (C=N–C) groups is 1. The van der Waals surface area contributed by atoms with E-state index in [-0.39, 0.29) is 25.1 Å². The fraction of sp³-hybridized carbons (Fsp3) is 0.409. The van der Waals surface area contributed by atoms with Crippen LogP contribution in [0, 0.1) is 5.82 Å². The number of benzene rings is 2. The van der Waals surface area contributed by atoms with Crippen LogP contribution in [-0.4, -0.2) is 54.9 Å². The normalized spacial score (nSPS) is 20.6. The molecule has 0 saturated carbocycles. The van der Waals surface area contributed by atoms with E-state index in [0.717, 1.165) is 17.5 Å². The van der Waals surface area contributed by atoms with Crippen LogP contribution in [0.2, 0.25) is 0 Å².